The number of aryl methyl sites for hydroxylation is 2. The Morgan fingerprint density at radius 1 is 1.50 bits per heavy atom. The van der Waals surface area contributed by atoms with E-state index in [0.29, 0.717) is 13.2 Å². The summed E-state index contributed by atoms with van der Waals surface area (Å²) in [6.45, 7) is 5.13. The summed E-state index contributed by atoms with van der Waals surface area (Å²) < 4.78 is 5.32. The molecule has 0 radical (unpaired) electrons. The molecule has 2 rings (SSSR count). The number of nitrogens with zero attached hydrogens (tertiary/aromatic N) is 2. The van der Waals surface area contributed by atoms with E-state index in [2.05, 4.69) is 9.97 Å². The van der Waals surface area contributed by atoms with Gasteiger partial charge in [0.1, 0.15) is 0 Å². The van der Waals surface area contributed by atoms with Crippen LogP contribution in [0.2, 0.25) is 0 Å². The van der Waals surface area contributed by atoms with Gasteiger partial charge in [0, 0.05) is 12.8 Å². The molecule has 1 saturated heterocycles. The maximum absolute atomic E-state index is 6.22. The van der Waals surface area contributed by atoms with Crippen LogP contribution in [0, 0.1) is 13.8 Å². The van der Waals surface area contributed by atoms with Gasteiger partial charge in [0.25, 0.3) is 0 Å². The maximum Gasteiger partial charge on any atom is 0.0860 e. The first-order chi connectivity index (χ1) is 6.62. The highest BCUT2D eigenvalue weighted by Crippen LogP contribution is 2.27. The van der Waals surface area contributed by atoms with Gasteiger partial charge in [-0.3, -0.25) is 9.97 Å². The third-order valence-corrected chi connectivity index (χ3v) is 2.60. The molecule has 1 aliphatic heterocycles. The number of rotatable bonds is 1. The first kappa shape index (κ1) is 9.55. The summed E-state index contributed by atoms with van der Waals surface area (Å²) >= 11 is 0. The van der Waals surface area contributed by atoms with E-state index in [9.17, 15) is 0 Å². The van der Waals surface area contributed by atoms with Gasteiger partial charge in [-0.2, -0.15) is 0 Å². The van der Waals surface area contributed by atoms with Gasteiger partial charge in [-0.05, 0) is 20.3 Å². The van der Waals surface area contributed by atoms with E-state index in [1.54, 1.807) is 6.20 Å². The molecule has 1 aliphatic rings. The number of aromatic nitrogens is 2. The molecule has 1 atom stereocenters. The highest BCUT2D eigenvalue weighted by molar-refractivity contribution is 5.22. The molecule has 0 aromatic carbocycles. The minimum Gasteiger partial charge on any atom is -0.379 e. The molecule has 1 aromatic heterocycles. The molecule has 0 spiro atoms. The monoisotopic (exact) mass is 193 g/mol. The fourth-order valence-electron chi connectivity index (χ4n) is 1.78. The molecule has 0 amide bonds. The van der Waals surface area contributed by atoms with Crippen molar-refractivity contribution in [3.05, 3.63) is 23.3 Å². The Morgan fingerprint density at radius 2 is 2.29 bits per heavy atom. The van der Waals surface area contributed by atoms with Crippen LogP contribution in [-0.2, 0) is 10.3 Å². The summed E-state index contributed by atoms with van der Waals surface area (Å²) in [4.78, 5) is 8.73. The molecule has 0 bridgehead atoms. The molecule has 2 N–H and O–H groups in total. The first-order valence-electron chi connectivity index (χ1n) is 4.79. The first-order valence-corrected chi connectivity index (χ1v) is 4.79. The molecule has 1 aromatic rings. The van der Waals surface area contributed by atoms with E-state index in [-0.39, 0.29) is 0 Å². The highest BCUT2D eigenvalue weighted by Gasteiger charge is 2.35. The van der Waals surface area contributed by atoms with Gasteiger partial charge >= 0.3 is 0 Å². The van der Waals surface area contributed by atoms with Gasteiger partial charge < -0.3 is 10.5 Å². The van der Waals surface area contributed by atoms with Crippen LogP contribution >= 0.6 is 0 Å². The smallest absolute Gasteiger partial charge is 0.0860 e. The summed E-state index contributed by atoms with van der Waals surface area (Å²) in [6, 6.07) is 0. The fourth-order valence-corrected chi connectivity index (χ4v) is 1.78. The van der Waals surface area contributed by atoms with Gasteiger partial charge in [0.15, 0.2) is 0 Å². The predicted molar refractivity (Wildman–Crippen MR) is 52.8 cm³/mol. The van der Waals surface area contributed by atoms with Crippen molar-refractivity contribution < 1.29 is 4.74 Å². The summed E-state index contributed by atoms with van der Waals surface area (Å²) in [5.74, 6) is 0. The Kier molecular flexibility index (Phi) is 2.25. The van der Waals surface area contributed by atoms with Crippen LogP contribution < -0.4 is 5.73 Å². The second-order valence-corrected chi connectivity index (χ2v) is 3.90. The summed E-state index contributed by atoms with van der Waals surface area (Å²) in [5.41, 5.74) is 8.49. The van der Waals surface area contributed by atoms with Crippen molar-refractivity contribution in [2.24, 2.45) is 5.73 Å². The average molecular weight is 193 g/mol. The molecule has 4 nitrogen and oxygen atoms in total. The fraction of sp³-hybridized carbons (Fsp3) is 0.600. The highest BCUT2D eigenvalue weighted by atomic mass is 16.5. The molecule has 1 unspecified atom stereocenters. The van der Waals surface area contributed by atoms with Gasteiger partial charge in [-0.15, -0.1) is 0 Å². The Morgan fingerprint density at radius 3 is 2.93 bits per heavy atom. The minimum absolute atomic E-state index is 0.427. The molecule has 4 heteroatoms. The molecule has 2 heterocycles. The van der Waals surface area contributed by atoms with Crippen LogP contribution in [0.3, 0.4) is 0 Å². The third kappa shape index (κ3) is 1.51. The number of hydrogen-bond donors (Lipinski definition) is 1. The topological polar surface area (TPSA) is 61.0 Å². The largest absolute Gasteiger partial charge is 0.379 e. The SMILES string of the molecule is Cc1cnc(C)c(C2(N)CCOC2)n1. The minimum atomic E-state index is -0.427. The van der Waals surface area contributed by atoms with E-state index < -0.39 is 5.54 Å². The van der Waals surface area contributed by atoms with E-state index >= 15 is 0 Å². The van der Waals surface area contributed by atoms with Gasteiger partial charge in [0.05, 0.1) is 29.2 Å². The number of nitrogens with two attached hydrogens (primary N) is 1. The molecular weight excluding hydrogens is 178 g/mol. The lowest BCUT2D eigenvalue weighted by Gasteiger charge is -2.22. The van der Waals surface area contributed by atoms with Crippen molar-refractivity contribution in [3.63, 3.8) is 0 Å². The van der Waals surface area contributed by atoms with Crippen molar-refractivity contribution in [1.29, 1.82) is 0 Å². The Labute approximate surface area is 83.5 Å². The van der Waals surface area contributed by atoms with Gasteiger partial charge in [-0.25, -0.2) is 0 Å². The summed E-state index contributed by atoms with van der Waals surface area (Å²) in [7, 11) is 0. The molecule has 0 saturated carbocycles. The zero-order chi connectivity index (χ0) is 10.2. The Bertz CT molecular complexity index is 345. The predicted octanol–water partition coefficient (Wildman–Crippen LogP) is 0.668. The molecule has 14 heavy (non-hydrogen) atoms. The lowest BCUT2D eigenvalue weighted by Crippen LogP contribution is -2.39. The van der Waals surface area contributed by atoms with Crippen LogP contribution in [0.5, 0.6) is 0 Å². The van der Waals surface area contributed by atoms with Crippen LogP contribution in [-0.4, -0.2) is 23.2 Å². The van der Waals surface area contributed by atoms with Crippen molar-refractivity contribution >= 4 is 0 Å². The molecule has 76 valence electrons. The van der Waals surface area contributed by atoms with E-state index in [1.165, 1.54) is 0 Å². The quantitative estimate of drug-likeness (QED) is 0.712. The van der Waals surface area contributed by atoms with Crippen molar-refractivity contribution in [3.8, 4) is 0 Å². The molecule has 0 aliphatic carbocycles. The number of hydrogen-bond acceptors (Lipinski definition) is 4. The number of ether oxygens (including phenoxy) is 1. The zero-order valence-corrected chi connectivity index (χ0v) is 8.58. The van der Waals surface area contributed by atoms with E-state index in [4.69, 9.17) is 10.5 Å². The summed E-state index contributed by atoms with van der Waals surface area (Å²) in [6.07, 6.45) is 2.59. The maximum atomic E-state index is 6.22. The lowest BCUT2D eigenvalue weighted by atomic mass is 9.94. The Balaban J connectivity index is 2.44. The second-order valence-electron chi connectivity index (χ2n) is 3.90. The zero-order valence-electron chi connectivity index (χ0n) is 8.58. The van der Waals surface area contributed by atoms with E-state index in [1.807, 2.05) is 13.8 Å². The summed E-state index contributed by atoms with van der Waals surface area (Å²) in [5, 5.41) is 0. The standard InChI is InChI=1S/C10H15N3O/c1-7-5-12-8(2)9(13-7)10(11)3-4-14-6-10/h5H,3-4,6,11H2,1-2H3. The molecule has 1 fully saturated rings. The van der Waals surface area contributed by atoms with Gasteiger partial charge in [-0.1, -0.05) is 0 Å². The molecular formula is C10H15N3O. The Hall–Kier alpha value is -1.00. The third-order valence-electron chi connectivity index (χ3n) is 2.60. The van der Waals surface area contributed by atoms with Crippen molar-refractivity contribution in [2.45, 2.75) is 25.8 Å². The van der Waals surface area contributed by atoms with Crippen molar-refractivity contribution in [2.75, 3.05) is 13.2 Å². The van der Waals surface area contributed by atoms with Crippen LogP contribution in [0.15, 0.2) is 6.20 Å². The van der Waals surface area contributed by atoms with Crippen LogP contribution in [0.1, 0.15) is 23.5 Å². The lowest BCUT2D eigenvalue weighted by molar-refractivity contribution is 0.177. The van der Waals surface area contributed by atoms with Crippen LogP contribution in [0.4, 0.5) is 0 Å². The van der Waals surface area contributed by atoms with Crippen LogP contribution in [0.25, 0.3) is 0 Å². The normalized spacial score (nSPS) is 26.8. The van der Waals surface area contributed by atoms with Crippen molar-refractivity contribution in [1.82, 2.24) is 9.97 Å². The second kappa shape index (κ2) is 3.29. The van der Waals surface area contributed by atoms with Gasteiger partial charge in [0.2, 0.25) is 0 Å². The average Bonchev–Trinajstić information content (AvgIpc) is 2.58. The van der Waals surface area contributed by atoms with E-state index in [0.717, 1.165) is 23.5 Å².